The van der Waals surface area contributed by atoms with Gasteiger partial charge in [-0.3, -0.25) is 0 Å². The van der Waals surface area contributed by atoms with Crippen LogP contribution in [0, 0.1) is 12.8 Å². The minimum atomic E-state index is 0.416. The van der Waals surface area contributed by atoms with Crippen LogP contribution in [0.4, 0.5) is 0 Å². The van der Waals surface area contributed by atoms with Gasteiger partial charge in [-0.15, -0.1) is 0 Å². The van der Waals surface area contributed by atoms with Crippen molar-refractivity contribution in [2.24, 2.45) is 11.7 Å². The summed E-state index contributed by atoms with van der Waals surface area (Å²) in [6, 6.07) is 7.77. The lowest BCUT2D eigenvalue weighted by molar-refractivity contribution is 0.203. The summed E-state index contributed by atoms with van der Waals surface area (Å²) in [6.07, 6.45) is 2.30. The second-order valence-corrected chi connectivity index (χ2v) is 6.03. The Morgan fingerprint density at radius 1 is 1.28 bits per heavy atom. The molecule has 0 heterocycles. The molecule has 2 heteroatoms. The molecule has 1 aliphatic carbocycles. The minimum Gasteiger partial charge on any atom is -0.328 e. The summed E-state index contributed by atoms with van der Waals surface area (Å²) in [4.78, 5) is 0. The molecule has 1 fully saturated rings. The SMILES string of the molecule is CNC(c1cc(C(C)C)ccc1C)C1CC(N)C1. The Balaban J connectivity index is 2.26. The molecular weight excluding hydrogens is 220 g/mol. The number of benzene rings is 1. The highest BCUT2D eigenvalue weighted by molar-refractivity contribution is 5.35. The molecule has 0 aliphatic heterocycles. The van der Waals surface area contributed by atoms with Crippen molar-refractivity contribution < 1.29 is 0 Å². The fourth-order valence-corrected chi connectivity index (χ4v) is 2.98. The summed E-state index contributed by atoms with van der Waals surface area (Å²) in [5.74, 6) is 1.29. The highest BCUT2D eigenvalue weighted by Gasteiger charge is 2.33. The van der Waals surface area contributed by atoms with E-state index in [9.17, 15) is 0 Å². The van der Waals surface area contributed by atoms with Gasteiger partial charge in [0.15, 0.2) is 0 Å². The van der Waals surface area contributed by atoms with E-state index in [0.29, 0.717) is 23.9 Å². The van der Waals surface area contributed by atoms with Gasteiger partial charge in [0.2, 0.25) is 0 Å². The van der Waals surface area contributed by atoms with E-state index in [1.807, 2.05) is 0 Å². The van der Waals surface area contributed by atoms with Crippen molar-refractivity contribution in [2.75, 3.05) is 7.05 Å². The first-order valence-corrected chi connectivity index (χ1v) is 7.06. The lowest BCUT2D eigenvalue weighted by Gasteiger charge is -2.39. The van der Waals surface area contributed by atoms with Gasteiger partial charge in [0.1, 0.15) is 0 Å². The van der Waals surface area contributed by atoms with E-state index in [1.54, 1.807) is 0 Å². The number of nitrogens with two attached hydrogens (primary N) is 1. The second kappa shape index (κ2) is 5.41. The van der Waals surface area contributed by atoms with Crippen molar-refractivity contribution in [3.63, 3.8) is 0 Å². The van der Waals surface area contributed by atoms with Gasteiger partial charge in [-0.25, -0.2) is 0 Å². The zero-order valence-corrected chi connectivity index (χ0v) is 12.0. The Morgan fingerprint density at radius 2 is 1.94 bits per heavy atom. The van der Waals surface area contributed by atoms with E-state index in [4.69, 9.17) is 5.73 Å². The van der Waals surface area contributed by atoms with Crippen molar-refractivity contribution in [2.45, 2.75) is 51.6 Å². The molecule has 18 heavy (non-hydrogen) atoms. The largest absolute Gasteiger partial charge is 0.328 e. The van der Waals surface area contributed by atoms with Gasteiger partial charge in [0.05, 0.1) is 0 Å². The van der Waals surface area contributed by atoms with Gasteiger partial charge in [0, 0.05) is 12.1 Å². The molecule has 0 amide bonds. The Bertz CT molecular complexity index is 406. The maximum absolute atomic E-state index is 5.93. The molecule has 0 bridgehead atoms. The number of rotatable bonds is 4. The minimum absolute atomic E-state index is 0.416. The number of nitrogens with one attached hydrogen (secondary N) is 1. The first-order valence-electron chi connectivity index (χ1n) is 7.06. The summed E-state index contributed by atoms with van der Waals surface area (Å²) in [6.45, 7) is 6.71. The molecule has 0 aromatic heterocycles. The zero-order chi connectivity index (χ0) is 13.3. The third-order valence-corrected chi connectivity index (χ3v) is 4.30. The molecule has 0 radical (unpaired) electrons. The standard InChI is InChI=1S/C16H26N2/c1-10(2)12-6-5-11(3)15(9-12)16(18-4)13-7-14(17)8-13/h5-6,9-10,13-14,16,18H,7-8,17H2,1-4H3. The van der Waals surface area contributed by atoms with Crippen LogP contribution in [0.2, 0.25) is 0 Å². The van der Waals surface area contributed by atoms with E-state index >= 15 is 0 Å². The van der Waals surface area contributed by atoms with Crippen molar-refractivity contribution in [1.29, 1.82) is 0 Å². The molecule has 1 aromatic rings. The van der Waals surface area contributed by atoms with Crippen LogP contribution in [0.25, 0.3) is 0 Å². The molecular formula is C16H26N2. The first-order chi connectivity index (χ1) is 8.52. The average Bonchev–Trinajstić information content (AvgIpc) is 2.29. The van der Waals surface area contributed by atoms with Crippen molar-refractivity contribution in [1.82, 2.24) is 5.32 Å². The molecule has 1 aliphatic rings. The van der Waals surface area contributed by atoms with Crippen LogP contribution >= 0.6 is 0 Å². The summed E-state index contributed by atoms with van der Waals surface area (Å²) >= 11 is 0. The predicted octanol–water partition coefficient (Wildman–Crippen LogP) is 3.12. The fraction of sp³-hybridized carbons (Fsp3) is 0.625. The fourth-order valence-electron chi connectivity index (χ4n) is 2.98. The molecule has 0 saturated heterocycles. The van der Waals surface area contributed by atoms with Crippen LogP contribution < -0.4 is 11.1 Å². The van der Waals surface area contributed by atoms with E-state index < -0.39 is 0 Å². The molecule has 1 unspecified atom stereocenters. The van der Waals surface area contributed by atoms with Crippen molar-refractivity contribution in [3.8, 4) is 0 Å². The predicted molar refractivity (Wildman–Crippen MR) is 77.8 cm³/mol. The summed E-state index contributed by atoms with van der Waals surface area (Å²) in [7, 11) is 2.07. The smallest absolute Gasteiger partial charge is 0.0350 e. The molecule has 1 aromatic carbocycles. The Kier molecular flexibility index (Phi) is 4.08. The molecule has 2 rings (SSSR count). The lowest BCUT2D eigenvalue weighted by atomic mass is 9.73. The van der Waals surface area contributed by atoms with Crippen molar-refractivity contribution in [3.05, 3.63) is 34.9 Å². The van der Waals surface area contributed by atoms with Gasteiger partial charge in [-0.2, -0.15) is 0 Å². The normalized spacial score (nSPS) is 25.0. The topological polar surface area (TPSA) is 38.0 Å². The van der Waals surface area contributed by atoms with Crippen molar-refractivity contribution >= 4 is 0 Å². The van der Waals surface area contributed by atoms with E-state index in [2.05, 4.69) is 51.3 Å². The Morgan fingerprint density at radius 3 is 2.44 bits per heavy atom. The summed E-state index contributed by atoms with van der Waals surface area (Å²) < 4.78 is 0. The highest BCUT2D eigenvalue weighted by Crippen LogP contribution is 2.38. The van der Waals surface area contributed by atoms with E-state index in [0.717, 1.165) is 12.8 Å². The van der Waals surface area contributed by atoms with Crippen LogP contribution in [0.15, 0.2) is 18.2 Å². The third kappa shape index (κ3) is 2.60. The van der Waals surface area contributed by atoms with Gasteiger partial charge < -0.3 is 11.1 Å². The molecule has 100 valence electrons. The number of hydrogen-bond donors (Lipinski definition) is 2. The van der Waals surface area contributed by atoms with Gasteiger partial charge in [0.25, 0.3) is 0 Å². The Labute approximate surface area is 111 Å². The van der Waals surface area contributed by atoms with Crippen LogP contribution in [0.5, 0.6) is 0 Å². The zero-order valence-electron chi connectivity index (χ0n) is 12.0. The highest BCUT2D eigenvalue weighted by atomic mass is 14.9. The summed E-state index contributed by atoms with van der Waals surface area (Å²) in [5, 5.41) is 3.49. The lowest BCUT2D eigenvalue weighted by Crippen LogP contribution is -2.42. The average molecular weight is 246 g/mol. The molecule has 1 saturated carbocycles. The number of aryl methyl sites for hydroxylation is 1. The quantitative estimate of drug-likeness (QED) is 0.856. The maximum Gasteiger partial charge on any atom is 0.0350 e. The summed E-state index contributed by atoms with van der Waals surface area (Å²) in [5.41, 5.74) is 10.2. The Hall–Kier alpha value is -0.860. The maximum atomic E-state index is 5.93. The van der Waals surface area contributed by atoms with Crippen LogP contribution in [0.1, 0.15) is 55.3 Å². The third-order valence-electron chi connectivity index (χ3n) is 4.30. The van der Waals surface area contributed by atoms with E-state index in [-0.39, 0.29) is 0 Å². The first kappa shape index (κ1) is 13.6. The second-order valence-electron chi connectivity index (χ2n) is 6.03. The molecule has 1 atom stereocenters. The van der Waals surface area contributed by atoms with Gasteiger partial charge in [-0.1, -0.05) is 32.0 Å². The monoisotopic (exact) mass is 246 g/mol. The van der Waals surface area contributed by atoms with E-state index in [1.165, 1.54) is 16.7 Å². The molecule has 0 spiro atoms. The number of hydrogen-bond acceptors (Lipinski definition) is 2. The molecule has 2 nitrogen and oxygen atoms in total. The van der Waals surface area contributed by atoms with Crippen LogP contribution in [-0.2, 0) is 0 Å². The van der Waals surface area contributed by atoms with Gasteiger partial charge >= 0.3 is 0 Å². The van der Waals surface area contributed by atoms with Crippen LogP contribution in [-0.4, -0.2) is 13.1 Å². The molecule has 3 N–H and O–H groups in total. The van der Waals surface area contributed by atoms with Crippen LogP contribution in [0.3, 0.4) is 0 Å². The van der Waals surface area contributed by atoms with Gasteiger partial charge in [-0.05, 0) is 55.3 Å².